The zero-order valence-electron chi connectivity index (χ0n) is 10.3. The number of pyridine rings is 1. The van der Waals surface area contributed by atoms with E-state index in [0.29, 0.717) is 0 Å². The van der Waals surface area contributed by atoms with Crippen molar-refractivity contribution in [3.8, 4) is 11.1 Å². The summed E-state index contributed by atoms with van der Waals surface area (Å²) in [5.74, 6) is 0. The molecular weight excluding hydrogens is 218 g/mol. The summed E-state index contributed by atoms with van der Waals surface area (Å²) in [4.78, 5) is 4.80. The third-order valence-corrected chi connectivity index (χ3v) is 3.72. The lowest BCUT2D eigenvalue weighted by atomic mass is 10.0. The Labute approximate surface area is 106 Å². The van der Waals surface area contributed by atoms with Crippen molar-refractivity contribution in [3.05, 3.63) is 65.4 Å². The normalized spacial score (nSPS) is 12.5. The van der Waals surface area contributed by atoms with E-state index in [9.17, 15) is 0 Å². The Kier molecular flexibility index (Phi) is 1.87. The highest BCUT2D eigenvalue weighted by Gasteiger charge is 2.20. The second-order valence-electron chi connectivity index (χ2n) is 5.01. The summed E-state index contributed by atoms with van der Waals surface area (Å²) >= 11 is 0. The first-order chi connectivity index (χ1) is 8.81. The van der Waals surface area contributed by atoms with Crippen LogP contribution in [0.4, 0.5) is 0 Å². The van der Waals surface area contributed by atoms with Crippen molar-refractivity contribution in [1.82, 2.24) is 4.98 Å². The van der Waals surface area contributed by atoms with Gasteiger partial charge in [-0.3, -0.25) is 4.98 Å². The molecule has 3 aromatic rings. The Hall–Kier alpha value is -2.15. The molecule has 1 aliphatic carbocycles. The zero-order chi connectivity index (χ0) is 12.1. The number of aryl methyl sites for hydroxylation is 1. The summed E-state index contributed by atoms with van der Waals surface area (Å²) < 4.78 is 0. The molecule has 0 saturated heterocycles. The number of nitrogens with zero attached hydrogens (tertiary/aromatic N) is 1. The molecule has 18 heavy (non-hydrogen) atoms. The largest absolute Gasteiger partial charge is 0.252 e. The summed E-state index contributed by atoms with van der Waals surface area (Å²) in [5.41, 5.74) is 7.71. The standard InChI is InChI=1S/C17H13N/c1-11-6-7-12-10-17-15(14(12)8-11)9-13-4-2-3-5-16(13)18-17/h2-9H,10H2,1H3. The third kappa shape index (κ3) is 1.31. The second kappa shape index (κ2) is 3.42. The van der Waals surface area contributed by atoms with E-state index in [1.807, 2.05) is 6.07 Å². The maximum Gasteiger partial charge on any atom is 0.0705 e. The van der Waals surface area contributed by atoms with E-state index in [-0.39, 0.29) is 0 Å². The van der Waals surface area contributed by atoms with E-state index >= 15 is 0 Å². The van der Waals surface area contributed by atoms with E-state index in [1.54, 1.807) is 0 Å². The van der Waals surface area contributed by atoms with Gasteiger partial charge in [-0.15, -0.1) is 0 Å². The quantitative estimate of drug-likeness (QED) is 0.443. The second-order valence-corrected chi connectivity index (χ2v) is 5.01. The van der Waals surface area contributed by atoms with Gasteiger partial charge in [-0.25, -0.2) is 0 Å². The fourth-order valence-electron chi connectivity index (χ4n) is 2.80. The topological polar surface area (TPSA) is 12.9 Å². The summed E-state index contributed by atoms with van der Waals surface area (Å²) in [6.07, 6.45) is 0.968. The van der Waals surface area contributed by atoms with Crippen LogP contribution in [0.5, 0.6) is 0 Å². The first-order valence-corrected chi connectivity index (χ1v) is 6.30. The van der Waals surface area contributed by atoms with Crippen LogP contribution in [0.2, 0.25) is 0 Å². The van der Waals surface area contributed by atoms with Crippen molar-refractivity contribution < 1.29 is 0 Å². The Balaban J connectivity index is 2.05. The first-order valence-electron chi connectivity index (χ1n) is 6.30. The van der Waals surface area contributed by atoms with Crippen LogP contribution < -0.4 is 0 Å². The molecule has 0 aliphatic heterocycles. The van der Waals surface area contributed by atoms with E-state index in [1.165, 1.54) is 33.3 Å². The molecule has 1 aliphatic rings. The van der Waals surface area contributed by atoms with Gasteiger partial charge in [0, 0.05) is 17.4 Å². The molecular formula is C17H13N. The van der Waals surface area contributed by atoms with Gasteiger partial charge < -0.3 is 0 Å². The van der Waals surface area contributed by atoms with Gasteiger partial charge in [0.1, 0.15) is 0 Å². The minimum atomic E-state index is 0.968. The predicted molar refractivity (Wildman–Crippen MR) is 74.7 cm³/mol. The molecule has 0 N–H and O–H groups in total. The van der Waals surface area contributed by atoms with Gasteiger partial charge >= 0.3 is 0 Å². The van der Waals surface area contributed by atoms with Gasteiger partial charge in [0.15, 0.2) is 0 Å². The molecule has 0 radical (unpaired) electrons. The van der Waals surface area contributed by atoms with Crippen molar-refractivity contribution in [2.75, 3.05) is 0 Å². The molecule has 86 valence electrons. The van der Waals surface area contributed by atoms with Gasteiger partial charge in [0.25, 0.3) is 0 Å². The highest BCUT2D eigenvalue weighted by molar-refractivity contribution is 5.87. The molecule has 0 atom stereocenters. The minimum absolute atomic E-state index is 0.968. The summed E-state index contributed by atoms with van der Waals surface area (Å²) in [7, 11) is 0. The lowest BCUT2D eigenvalue weighted by Crippen LogP contribution is -1.87. The SMILES string of the molecule is Cc1ccc2c(c1)-c1cc3ccccc3nc1C2. The fourth-order valence-corrected chi connectivity index (χ4v) is 2.80. The Morgan fingerprint density at radius 3 is 2.78 bits per heavy atom. The number of aromatic nitrogens is 1. The number of hydrogen-bond donors (Lipinski definition) is 0. The number of para-hydroxylation sites is 1. The molecule has 0 saturated carbocycles. The highest BCUT2D eigenvalue weighted by atomic mass is 14.7. The lowest BCUT2D eigenvalue weighted by molar-refractivity contribution is 1.15. The van der Waals surface area contributed by atoms with E-state index in [0.717, 1.165) is 11.9 Å². The molecule has 2 aromatic carbocycles. The van der Waals surface area contributed by atoms with Crippen LogP contribution in [0.15, 0.2) is 48.5 Å². The van der Waals surface area contributed by atoms with E-state index in [4.69, 9.17) is 4.98 Å². The van der Waals surface area contributed by atoms with Crippen molar-refractivity contribution in [1.29, 1.82) is 0 Å². The average molecular weight is 231 g/mol. The minimum Gasteiger partial charge on any atom is -0.252 e. The molecule has 4 rings (SSSR count). The maximum atomic E-state index is 4.80. The van der Waals surface area contributed by atoms with Crippen LogP contribution in [0.1, 0.15) is 16.8 Å². The van der Waals surface area contributed by atoms with Gasteiger partial charge in [-0.2, -0.15) is 0 Å². The number of rotatable bonds is 0. The number of hydrogen-bond acceptors (Lipinski definition) is 1. The molecule has 1 heterocycles. The molecule has 0 spiro atoms. The molecule has 1 nitrogen and oxygen atoms in total. The molecule has 1 heteroatoms. The molecule has 0 amide bonds. The maximum absolute atomic E-state index is 4.80. The zero-order valence-corrected chi connectivity index (χ0v) is 10.3. The van der Waals surface area contributed by atoms with Gasteiger partial charge in [0.2, 0.25) is 0 Å². The van der Waals surface area contributed by atoms with Crippen molar-refractivity contribution in [3.63, 3.8) is 0 Å². The van der Waals surface area contributed by atoms with Crippen LogP contribution in [0, 0.1) is 6.92 Å². The fraction of sp³-hybridized carbons (Fsp3) is 0.118. The summed E-state index contributed by atoms with van der Waals surface area (Å²) in [6.45, 7) is 2.15. The first kappa shape index (κ1) is 9.84. The smallest absolute Gasteiger partial charge is 0.0705 e. The molecule has 0 unspecified atom stereocenters. The Bertz CT molecular complexity index is 772. The van der Waals surface area contributed by atoms with Crippen LogP contribution in [0.3, 0.4) is 0 Å². The summed E-state index contributed by atoms with van der Waals surface area (Å²) in [5, 5.41) is 1.23. The van der Waals surface area contributed by atoms with E-state index in [2.05, 4.69) is 49.4 Å². The van der Waals surface area contributed by atoms with Crippen molar-refractivity contribution in [2.45, 2.75) is 13.3 Å². The molecule has 1 aromatic heterocycles. The van der Waals surface area contributed by atoms with Crippen LogP contribution in [-0.2, 0) is 6.42 Å². The number of fused-ring (bicyclic) bond motifs is 4. The van der Waals surface area contributed by atoms with Crippen LogP contribution in [0.25, 0.3) is 22.0 Å². The van der Waals surface area contributed by atoms with Crippen LogP contribution in [-0.4, -0.2) is 4.98 Å². The van der Waals surface area contributed by atoms with Gasteiger partial charge in [-0.1, -0.05) is 42.0 Å². The van der Waals surface area contributed by atoms with Crippen molar-refractivity contribution >= 4 is 10.9 Å². The number of benzene rings is 2. The summed E-state index contributed by atoms with van der Waals surface area (Å²) in [6, 6.07) is 17.3. The van der Waals surface area contributed by atoms with Gasteiger partial charge in [-0.05, 0) is 30.2 Å². The van der Waals surface area contributed by atoms with Crippen molar-refractivity contribution in [2.24, 2.45) is 0 Å². The van der Waals surface area contributed by atoms with Crippen LogP contribution >= 0.6 is 0 Å². The predicted octanol–water partition coefficient (Wildman–Crippen LogP) is 4.11. The van der Waals surface area contributed by atoms with Gasteiger partial charge in [0.05, 0.1) is 11.2 Å². The molecule has 0 bridgehead atoms. The third-order valence-electron chi connectivity index (χ3n) is 3.72. The highest BCUT2D eigenvalue weighted by Crippen LogP contribution is 2.37. The van der Waals surface area contributed by atoms with E-state index < -0.39 is 0 Å². The molecule has 0 fully saturated rings. The average Bonchev–Trinajstić information content (AvgIpc) is 2.73. The Morgan fingerprint density at radius 2 is 1.83 bits per heavy atom. The monoisotopic (exact) mass is 231 g/mol. The Morgan fingerprint density at radius 1 is 0.944 bits per heavy atom. The lowest BCUT2D eigenvalue weighted by Gasteiger charge is -2.04.